The zero-order chi connectivity index (χ0) is 16.8. The Kier molecular flexibility index (Phi) is 5.36. The zero-order valence-corrected chi connectivity index (χ0v) is 14.5. The van der Waals surface area contributed by atoms with Gasteiger partial charge >= 0.3 is 0 Å². The second-order valence-corrected chi connectivity index (χ2v) is 5.99. The van der Waals surface area contributed by atoms with Crippen molar-refractivity contribution in [2.75, 3.05) is 37.7 Å². The van der Waals surface area contributed by atoms with Crippen LogP contribution in [0.5, 0.6) is 5.75 Å². The number of hydrogen-bond donors (Lipinski definition) is 0. The first-order valence-corrected chi connectivity index (χ1v) is 8.58. The summed E-state index contributed by atoms with van der Waals surface area (Å²) in [7, 11) is 0. The maximum Gasteiger partial charge on any atom is 0.128 e. The summed E-state index contributed by atoms with van der Waals surface area (Å²) in [6, 6.07) is 16.8. The van der Waals surface area contributed by atoms with Crippen molar-refractivity contribution in [3.63, 3.8) is 0 Å². The van der Waals surface area contributed by atoms with E-state index in [-0.39, 0.29) is 0 Å². The minimum Gasteiger partial charge on any atom is -0.493 e. The third-order valence-corrected chi connectivity index (χ3v) is 4.23. The number of benzene rings is 2. The highest BCUT2D eigenvalue weighted by molar-refractivity contribution is 5.83. The molecular formula is C20H25N3O. The van der Waals surface area contributed by atoms with E-state index in [1.165, 1.54) is 11.3 Å². The van der Waals surface area contributed by atoms with Gasteiger partial charge in [0.15, 0.2) is 0 Å². The highest BCUT2D eigenvalue weighted by Crippen LogP contribution is 2.18. The molecule has 0 atom stereocenters. The van der Waals surface area contributed by atoms with Crippen molar-refractivity contribution in [3.8, 4) is 5.75 Å². The fourth-order valence-electron chi connectivity index (χ4n) is 2.84. The van der Waals surface area contributed by atoms with Gasteiger partial charge in [-0.15, -0.1) is 0 Å². The molecule has 0 N–H and O–H groups in total. The molecule has 4 heteroatoms. The third-order valence-electron chi connectivity index (χ3n) is 4.23. The summed E-state index contributed by atoms with van der Waals surface area (Å²) in [5, 5.41) is 6.77. The molecule has 0 radical (unpaired) electrons. The van der Waals surface area contributed by atoms with E-state index in [9.17, 15) is 0 Å². The molecule has 1 heterocycles. The van der Waals surface area contributed by atoms with Crippen LogP contribution >= 0.6 is 0 Å². The van der Waals surface area contributed by atoms with Gasteiger partial charge in [-0.05, 0) is 38.1 Å². The largest absolute Gasteiger partial charge is 0.493 e. The number of ether oxygens (including phenoxy) is 1. The smallest absolute Gasteiger partial charge is 0.128 e. The molecule has 126 valence electrons. The first-order chi connectivity index (χ1) is 11.8. The fraction of sp³-hybridized carbons (Fsp3) is 0.350. The van der Waals surface area contributed by atoms with Crippen molar-refractivity contribution in [2.45, 2.75) is 13.8 Å². The van der Waals surface area contributed by atoms with Crippen LogP contribution < -0.4 is 9.64 Å². The van der Waals surface area contributed by atoms with E-state index >= 15 is 0 Å². The van der Waals surface area contributed by atoms with Gasteiger partial charge in [0.1, 0.15) is 5.75 Å². The summed E-state index contributed by atoms with van der Waals surface area (Å²) in [4.78, 5) is 2.42. The van der Waals surface area contributed by atoms with Gasteiger partial charge in [0.2, 0.25) is 0 Å². The first kappa shape index (κ1) is 16.4. The van der Waals surface area contributed by atoms with Crippen LogP contribution in [0.15, 0.2) is 53.6 Å². The van der Waals surface area contributed by atoms with Crippen LogP contribution in [-0.2, 0) is 0 Å². The van der Waals surface area contributed by atoms with E-state index in [0.29, 0.717) is 6.61 Å². The number of hydrogen-bond acceptors (Lipinski definition) is 4. The first-order valence-electron chi connectivity index (χ1n) is 8.58. The SMILES string of the molecule is CCOc1ccccc1/C=N\N1CCN(c2ccc(C)cc2)CC1. The van der Waals surface area contributed by atoms with Gasteiger partial charge in [-0.3, -0.25) is 5.01 Å². The molecule has 0 aliphatic carbocycles. The average Bonchev–Trinajstić information content (AvgIpc) is 2.62. The molecule has 1 saturated heterocycles. The van der Waals surface area contributed by atoms with Crippen LogP contribution in [-0.4, -0.2) is 44.0 Å². The van der Waals surface area contributed by atoms with Crippen molar-refractivity contribution >= 4 is 11.9 Å². The Balaban J connectivity index is 1.58. The second-order valence-electron chi connectivity index (χ2n) is 5.99. The number of hydrazone groups is 1. The van der Waals surface area contributed by atoms with E-state index in [4.69, 9.17) is 4.74 Å². The van der Waals surface area contributed by atoms with E-state index in [1.807, 2.05) is 37.4 Å². The lowest BCUT2D eigenvalue weighted by Gasteiger charge is -2.34. The number of anilines is 1. The minimum absolute atomic E-state index is 0.667. The summed E-state index contributed by atoms with van der Waals surface area (Å²) in [5.41, 5.74) is 3.63. The molecule has 4 nitrogen and oxygen atoms in total. The summed E-state index contributed by atoms with van der Waals surface area (Å²) in [6.07, 6.45) is 1.91. The van der Waals surface area contributed by atoms with Gasteiger partial charge in [-0.1, -0.05) is 29.8 Å². The Hall–Kier alpha value is -2.49. The fourth-order valence-corrected chi connectivity index (χ4v) is 2.84. The molecule has 1 fully saturated rings. The molecule has 0 saturated carbocycles. The predicted molar refractivity (Wildman–Crippen MR) is 100 cm³/mol. The minimum atomic E-state index is 0.667. The zero-order valence-electron chi connectivity index (χ0n) is 14.5. The number of piperazine rings is 1. The number of para-hydroxylation sites is 1. The van der Waals surface area contributed by atoms with Crippen molar-refractivity contribution in [1.82, 2.24) is 5.01 Å². The highest BCUT2D eigenvalue weighted by Gasteiger charge is 2.15. The molecule has 1 aliphatic heterocycles. The van der Waals surface area contributed by atoms with Crippen molar-refractivity contribution < 1.29 is 4.74 Å². The molecule has 0 bridgehead atoms. The molecule has 0 amide bonds. The quantitative estimate of drug-likeness (QED) is 0.788. The topological polar surface area (TPSA) is 28.1 Å². The Morgan fingerprint density at radius 2 is 1.71 bits per heavy atom. The Morgan fingerprint density at radius 1 is 1.00 bits per heavy atom. The van der Waals surface area contributed by atoms with E-state index in [1.54, 1.807) is 0 Å². The molecule has 0 spiro atoms. The number of nitrogens with zero attached hydrogens (tertiary/aromatic N) is 3. The Morgan fingerprint density at radius 3 is 2.42 bits per heavy atom. The van der Waals surface area contributed by atoms with Gasteiger partial charge in [-0.25, -0.2) is 0 Å². The van der Waals surface area contributed by atoms with Crippen molar-refractivity contribution in [3.05, 3.63) is 59.7 Å². The monoisotopic (exact) mass is 323 g/mol. The molecule has 1 aliphatic rings. The van der Waals surface area contributed by atoms with Crippen LogP contribution in [0.3, 0.4) is 0 Å². The lowest BCUT2D eigenvalue weighted by Crippen LogP contribution is -2.44. The van der Waals surface area contributed by atoms with Crippen LogP contribution in [0.1, 0.15) is 18.1 Å². The lowest BCUT2D eigenvalue weighted by atomic mass is 10.2. The van der Waals surface area contributed by atoms with Gasteiger partial charge in [0.25, 0.3) is 0 Å². The van der Waals surface area contributed by atoms with Crippen LogP contribution in [0.25, 0.3) is 0 Å². The number of aryl methyl sites for hydroxylation is 1. The van der Waals surface area contributed by atoms with Crippen LogP contribution in [0, 0.1) is 6.92 Å². The van der Waals surface area contributed by atoms with Crippen molar-refractivity contribution in [1.29, 1.82) is 0 Å². The van der Waals surface area contributed by atoms with Crippen LogP contribution in [0.4, 0.5) is 5.69 Å². The van der Waals surface area contributed by atoms with Crippen LogP contribution in [0.2, 0.25) is 0 Å². The summed E-state index contributed by atoms with van der Waals surface area (Å²) >= 11 is 0. The maximum absolute atomic E-state index is 5.64. The molecule has 0 aromatic heterocycles. The van der Waals surface area contributed by atoms with Gasteiger partial charge < -0.3 is 9.64 Å². The average molecular weight is 323 g/mol. The van der Waals surface area contributed by atoms with Crippen molar-refractivity contribution in [2.24, 2.45) is 5.10 Å². The van der Waals surface area contributed by atoms with E-state index in [0.717, 1.165) is 37.5 Å². The predicted octanol–water partition coefficient (Wildman–Crippen LogP) is 3.55. The number of rotatable bonds is 5. The van der Waals surface area contributed by atoms with Gasteiger partial charge in [0.05, 0.1) is 25.9 Å². The molecule has 3 rings (SSSR count). The lowest BCUT2D eigenvalue weighted by molar-refractivity contribution is 0.272. The second kappa shape index (κ2) is 7.86. The maximum atomic E-state index is 5.64. The molecule has 2 aromatic rings. The Labute approximate surface area is 144 Å². The normalized spacial score (nSPS) is 15.1. The standard InChI is InChI=1S/C20H25N3O/c1-3-24-20-7-5-4-6-18(20)16-21-23-14-12-22(13-15-23)19-10-8-17(2)9-11-19/h4-11,16H,3,12-15H2,1-2H3/b21-16-. The molecule has 24 heavy (non-hydrogen) atoms. The summed E-state index contributed by atoms with van der Waals surface area (Å²) in [6.45, 7) is 8.64. The Bertz CT molecular complexity index is 674. The highest BCUT2D eigenvalue weighted by atomic mass is 16.5. The molecular weight excluding hydrogens is 298 g/mol. The molecule has 2 aromatic carbocycles. The van der Waals surface area contributed by atoms with Gasteiger partial charge in [-0.2, -0.15) is 5.10 Å². The van der Waals surface area contributed by atoms with E-state index in [2.05, 4.69) is 46.2 Å². The van der Waals surface area contributed by atoms with E-state index < -0.39 is 0 Å². The molecule has 0 unspecified atom stereocenters. The third kappa shape index (κ3) is 4.07. The van der Waals surface area contributed by atoms with Gasteiger partial charge in [0, 0.05) is 24.3 Å². The summed E-state index contributed by atoms with van der Waals surface area (Å²) in [5.74, 6) is 0.891. The summed E-state index contributed by atoms with van der Waals surface area (Å²) < 4.78 is 5.64.